The summed E-state index contributed by atoms with van der Waals surface area (Å²) in [7, 11) is 0. The van der Waals surface area contributed by atoms with Gasteiger partial charge in [-0.25, -0.2) is 8.78 Å². The Morgan fingerprint density at radius 1 is 1.00 bits per heavy atom. The molecule has 25 heavy (non-hydrogen) atoms. The highest BCUT2D eigenvalue weighted by Gasteiger charge is 2.27. The maximum Gasteiger partial charge on any atom is 0.224 e. The van der Waals surface area contributed by atoms with E-state index in [2.05, 4.69) is 0 Å². The average molecular weight is 362 g/mol. The molecule has 0 bridgehead atoms. The van der Waals surface area contributed by atoms with Gasteiger partial charge in [-0.3, -0.25) is 4.79 Å². The Labute approximate surface area is 145 Å². The number of benzene rings is 2. The van der Waals surface area contributed by atoms with Crippen LogP contribution in [0.25, 0.3) is 11.0 Å². The van der Waals surface area contributed by atoms with Gasteiger partial charge >= 0.3 is 0 Å². The van der Waals surface area contributed by atoms with Crippen molar-refractivity contribution in [2.24, 2.45) is 0 Å². The number of hydrogen-bond acceptors (Lipinski definition) is 5. The van der Waals surface area contributed by atoms with Crippen LogP contribution < -0.4 is 0 Å². The van der Waals surface area contributed by atoms with E-state index in [0.29, 0.717) is 16.0 Å². The number of phenolic OH excluding ortho intramolecular Hbond substituents is 3. The molecular formula is C18H12F2O4S. The lowest BCUT2D eigenvalue weighted by molar-refractivity contribution is -0.107. The van der Waals surface area contributed by atoms with Crippen LogP contribution in [0.4, 0.5) is 8.78 Å². The van der Waals surface area contributed by atoms with E-state index in [-0.39, 0.29) is 27.8 Å². The van der Waals surface area contributed by atoms with E-state index < -0.39 is 17.4 Å². The van der Waals surface area contributed by atoms with Crippen molar-refractivity contribution in [3.63, 3.8) is 0 Å². The summed E-state index contributed by atoms with van der Waals surface area (Å²) in [4.78, 5) is 12.8. The van der Waals surface area contributed by atoms with E-state index in [1.54, 1.807) is 13.0 Å². The molecule has 1 aliphatic rings. The molecule has 0 fully saturated rings. The Balaban J connectivity index is 2.06. The maximum atomic E-state index is 13.5. The van der Waals surface area contributed by atoms with Gasteiger partial charge < -0.3 is 15.3 Å². The summed E-state index contributed by atoms with van der Waals surface area (Å²) in [6, 6.07) is 6.05. The fraction of sp³-hybridized carbons (Fsp3) is 0.0556. The number of hydrogen-bond donors (Lipinski definition) is 3. The third kappa shape index (κ3) is 3.10. The summed E-state index contributed by atoms with van der Waals surface area (Å²) >= 11 is 0.923. The van der Waals surface area contributed by atoms with Gasteiger partial charge in [0, 0.05) is 10.5 Å². The first kappa shape index (κ1) is 17.0. The number of phenols is 3. The number of aromatic hydroxyl groups is 3. The van der Waals surface area contributed by atoms with E-state index in [4.69, 9.17) is 5.11 Å². The van der Waals surface area contributed by atoms with Crippen LogP contribution in [0.1, 0.15) is 18.1 Å². The highest BCUT2D eigenvalue weighted by atomic mass is 32.2. The van der Waals surface area contributed by atoms with Gasteiger partial charge in [-0.05, 0) is 71.8 Å². The Morgan fingerprint density at radius 2 is 1.64 bits per heavy atom. The zero-order valence-corrected chi connectivity index (χ0v) is 13.7. The molecule has 3 rings (SSSR count). The average Bonchev–Trinajstić information content (AvgIpc) is 2.83. The fourth-order valence-corrected chi connectivity index (χ4v) is 3.46. The van der Waals surface area contributed by atoms with Crippen LogP contribution in [0.2, 0.25) is 0 Å². The van der Waals surface area contributed by atoms with Crippen molar-refractivity contribution in [2.45, 2.75) is 6.92 Å². The van der Waals surface area contributed by atoms with Crippen LogP contribution in [-0.2, 0) is 4.79 Å². The highest BCUT2D eigenvalue weighted by Crippen LogP contribution is 2.45. The number of carbonyl (C=O) groups excluding carboxylic acids is 1. The lowest BCUT2D eigenvalue weighted by Gasteiger charge is -2.05. The van der Waals surface area contributed by atoms with Crippen LogP contribution in [0.5, 0.6) is 17.2 Å². The smallest absolute Gasteiger partial charge is 0.224 e. The Morgan fingerprint density at radius 3 is 2.24 bits per heavy atom. The zero-order chi connectivity index (χ0) is 18.3. The molecule has 1 aliphatic heterocycles. The first-order chi connectivity index (χ1) is 11.8. The molecule has 4 nitrogen and oxygen atoms in total. The molecule has 128 valence electrons. The standard InChI is InChI=1S/C18H12F2O4S/c1-8-11(4-9-5-12(19)16(23)13(20)6-9)18(24)25-17(8)10-2-3-14(21)15(22)7-10/h2-7,21-23H,1H3/b11-4-. The van der Waals surface area contributed by atoms with E-state index >= 15 is 0 Å². The minimum absolute atomic E-state index is 0.103. The lowest BCUT2D eigenvalue weighted by Crippen LogP contribution is -1.92. The molecule has 0 radical (unpaired) electrons. The van der Waals surface area contributed by atoms with E-state index in [9.17, 15) is 23.8 Å². The molecule has 0 spiro atoms. The molecule has 2 aromatic rings. The minimum atomic E-state index is -1.12. The molecule has 7 heteroatoms. The van der Waals surface area contributed by atoms with Gasteiger partial charge in [-0.15, -0.1) is 0 Å². The summed E-state index contributed by atoms with van der Waals surface area (Å²) in [5, 5.41) is 27.8. The molecule has 0 aromatic heterocycles. The predicted molar refractivity (Wildman–Crippen MR) is 91.0 cm³/mol. The lowest BCUT2D eigenvalue weighted by atomic mass is 10.0. The molecule has 1 heterocycles. The second-order valence-electron chi connectivity index (χ2n) is 5.44. The maximum absolute atomic E-state index is 13.5. The third-order valence-electron chi connectivity index (χ3n) is 3.75. The van der Waals surface area contributed by atoms with E-state index in [0.717, 1.165) is 23.9 Å². The van der Waals surface area contributed by atoms with Gasteiger partial charge in [-0.1, -0.05) is 0 Å². The number of halogens is 2. The highest BCUT2D eigenvalue weighted by molar-refractivity contribution is 8.22. The van der Waals surface area contributed by atoms with Gasteiger partial charge in [0.05, 0.1) is 0 Å². The minimum Gasteiger partial charge on any atom is -0.504 e. The predicted octanol–water partition coefficient (Wildman–Crippen LogP) is 4.17. The van der Waals surface area contributed by atoms with Crippen molar-refractivity contribution >= 4 is 27.9 Å². The second kappa shape index (κ2) is 6.25. The van der Waals surface area contributed by atoms with Crippen LogP contribution in [0, 0.1) is 11.6 Å². The van der Waals surface area contributed by atoms with E-state index in [1.165, 1.54) is 18.2 Å². The van der Waals surface area contributed by atoms with Crippen molar-refractivity contribution in [1.29, 1.82) is 0 Å². The first-order valence-electron chi connectivity index (χ1n) is 7.13. The Bertz CT molecular complexity index is 941. The first-order valence-corrected chi connectivity index (χ1v) is 7.95. The monoisotopic (exact) mass is 362 g/mol. The topological polar surface area (TPSA) is 77.8 Å². The SMILES string of the molecule is CC1=C(c2ccc(O)c(O)c2)SC(=O)/C1=C\c1cc(F)c(O)c(F)c1. The van der Waals surface area contributed by atoms with Crippen LogP contribution in [0.3, 0.4) is 0 Å². The number of allylic oxidation sites excluding steroid dienone is 1. The number of thioether (sulfide) groups is 1. The summed E-state index contributed by atoms with van der Waals surface area (Å²) < 4.78 is 26.9. The second-order valence-corrected chi connectivity index (χ2v) is 6.42. The van der Waals surface area contributed by atoms with Crippen molar-refractivity contribution < 1.29 is 28.9 Å². The fourth-order valence-electron chi connectivity index (χ4n) is 2.44. The molecular weight excluding hydrogens is 350 g/mol. The number of rotatable bonds is 2. The summed E-state index contributed by atoms with van der Waals surface area (Å²) in [5.41, 5.74) is 1.48. The molecule has 0 saturated heterocycles. The van der Waals surface area contributed by atoms with Gasteiger partial charge in [0.25, 0.3) is 0 Å². The summed E-state index contributed by atoms with van der Waals surface area (Å²) in [6.45, 7) is 1.68. The van der Waals surface area contributed by atoms with Crippen LogP contribution >= 0.6 is 11.8 Å². The van der Waals surface area contributed by atoms with E-state index in [1.807, 2.05) is 0 Å². The molecule has 0 aliphatic carbocycles. The quantitative estimate of drug-likeness (QED) is 0.552. The molecule has 3 N–H and O–H groups in total. The Kier molecular flexibility index (Phi) is 4.26. The number of carbonyl (C=O) groups is 1. The molecule has 0 atom stereocenters. The van der Waals surface area contributed by atoms with Gasteiger partial charge in [-0.2, -0.15) is 0 Å². The molecule has 0 saturated carbocycles. The van der Waals surface area contributed by atoms with Gasteiger partial charge in [0.2, 0.25) is 5.12 Å². The van der Waals surface area contributed by atoms with Crippen molar-refractivity contribution in [3.05, 3.63) is 64.2 Å². The molecule has 2 aromatic carbocycles. The largest absolute Gasteiger partial charge is 0.504 e. The van der Waals surface area contributed by atoms with Crippen LogP contribution in [0.15, 0.2) is 41.5 Å². The Hall–Kier alpha value is -2.80. The van der Waals surface area contributed by atoms with Crippen molar-refractivity contribution in [3.8, 4) is 17.2 Å². The van der Waals surface area contributed by atoms with Crippen molar-refractivity contribution in [1.82, 2.24) is 0 Å². The molecule has 0 amide bonds. The van der Waals surface area contributed by atoms with Crippen LogP contribution in [-0.4, -0.2) is 20.4 Å². The zero-order valence-electron chi connectivity index (χ0n) is 12.9. The van der Waals surface area contributed by atoms with Crippen molar-refractivity contribution in [2.75, 3.05) is 0 Å². The summed E-state index contributed by atoms with van der Waals surface area (Å²) in [6.07, 6.45) is 1.34. The van der Waals surface area contributed by atoms with Gasteiger partial charge in [0.15, 0.2) is 28.9 Å². The normalized spacial score (nSPS) is 16.1. The van der Waals surface area contributed by atoms with Gasteiger partial charge in [0.1, 0.15) is 0 Å². The third-order valence-corrected chi connectivity index (χ3v) is 4.90. The molecule has 0 unspecified atom stereocenters. The summed E-state index contributed by atoms with van der Waals surface area (Å²) in [5.74, 6) is -3.89.